The Kier molecular flexibility index (Phi) is 5.19. The van der Waals surface area contributed by atoms with Gasteiger partial charge in [-0.2, -0.15) is 0 Å². The fourth-order valence-electron chi connectivity index (χ4n) is 3.53. The van der Waals surface area contributed by atoms with E-state index in [-0.39, 0.29) is 5.60 Å². The van der Waals surface area contributed by atoms with E-state index in [4.69, 9.17) is 21.1 Å². The normalized spacial score (nSPS) is 20.1. The molecule has 1 fully saturated rings. The number of rotatable bonds is 6. The highest BCUT2D eigenvalue weighted by molar-refractivity contribution is 6.30. The van der Waals surface area contributed by atoms with Crippen LogP contribution in [0.15, 0.2) is 60.9 Å². The van der Waals surface area contributed by atoms with E-state index in [0.717, 1.165) is 53.3 Å². The van der Waals surface area contributed by atoms with Crippen molar-refractivity contribution in [2.75, 3.05) is 26.2 Å². The molecule has 140 valence electrons. The highest BCUT2D eigenvalue weighted by atomic mass is 35.5. The van der Waals surface area contributed by atoms with Crippen LogP contribution >= 0.6 is 11.6 Å². The van der Waals surface area contributed by atoms with Crippen molar-refractivity contribution in [3.63, 3.8) is 0 Å². The Morgan fingerprint density at radius 2 is 1.89 bits per heavy atom. The van der Waals surface area contributed by atoms with Crippen molar-refractivity contribution in [3.8, 4) is 11.5 Å². The maximum Gasteiger partial charge on any atom is 0.120 e. The Labute approximate surface area is 164 Å². The molecule has 1 atom stereocenters. The van der Waals surface area contributed by atoms with Gasteiger partial charge in [0, 0.05) is 48.9 Å². The van der Waals surface area contributed by atoms with Gasteiger partial charge in [0.15, 0.2) is 0 Å². The molecule has 0 bridgehead atoms. The quantitative estimate of drug-likeness (QED) is 0.612. The summed E-state index contributed by atoms with van der Waals surface area (Å²) in [5.41, 5.74) is -0.177. The Morgan fingerprint density at radius 3 is 2.74 bits per heavy atom. The van der Waals surface area contributed by atoms with Gasteiger partial charge in [-0.3, -0.25) is 9.88 Å². The van der Waals surface area contributed by atoms with Gasteiger partial charge in [0.05, 0.1) is 0 Å². The molecule has 4 rings (SSSR count). The number of aromatic nitrogens is 1. The second kappa shape index (κ2) is 7.75. The molecule has 1 unspecified atom stereocenters. The van der Waals surface area contributed by atoms with Crippen LogP contribution in [-0.4, -0.2) is 41.7 Å². The van der Waals surface area contributed by atoms with Crippen LogP contribution in [0.4, 0.5) is 0 Å². The SMILES string of the molecule is CC1(Oc2ccc(Cl)cc2)CCN(CCOc2ccc3cnccc3c2)C1. The maximum absolute atomic E-state index is 6.21. The van der Waals surface area contributed by atoms with E-state index in [9.17, 15) is 0 Å². The van der Waals surface area contributed by atoms with E-state index >= 15 is 0 Å². The lowest BCUT2D eigenvalue weighted by Crippen LogP contribution is -2.37. The minimum Gasteiger partial charge on any atom is -0.492 e. The van der Waals surface area contributed by atoms with Crippen molar-refractivity contribution in [2.45, 2.75) is 18.9 Å². The van der Waals surface area contributed by atoms with E-state index < -0.39 is 0 Å². The zero-order valence-corrected chi connectivity index (χ0v) is 16.2. The molecule has 2 heterocycles. The molecular formula is C22H23ClN2O2. The summed E-state index contributed by atoms with van der Waals surface area (Å²) in [4.78, 5) is 6.53. The predicted molar refractivity (Wildman–Crippen MR) is 109 cm³/mol. The molecule has 1 aliphatic rings. The second-order valence-corrected chi connectivity index (χ2v) is 7.70. The van der Waals surface area contributed by atoms with E-state index in [1.807, 2.05) is 48.7 Å². The van der Waals surface area contributed by atoms with E-state index in [2.05, 4.69) is 22.9 Å². The minimum atomic E-state index is -0.177. The first kappa shape index (κ1) is 18.1. The Bertz CT molecular complexity index is 916. The van der Waals surface area contributed by atoms with Gasteiger partial charge in [0.1, 0.15) is 23.7 Å². The summed E-state index contributed by atoms with van der Waals surface area (Å²) in [6.07, 6.45) is 4.67. The molecular weight excluding hydrogens is 360 g/mol. The first-order valence-electron chi connectivity index (χ1n) is 9.23. The molecule has 0 N–H and O–H groups in total. The van der Waals surface area contributed by atoms with Crippen molar-refractivity contribution in [1.82, 2.24) is 9.88 Å². The molecule has 27 heavy (non-hydrogen) atoms. The lowest BCUT2D eigenvalue weighted by molar-refractivity contribution is 0.0935. The third-order valence-corrected chi connectivity index (χ3v) is 5.23. The monoisotopic (exact) mass is 382 g/mol. The molecule has 1 aliphatic heterocycles. The van der Waals surface area contributed by atoms with Gasteiger partial charge in [0.2, 0.25) is 0 Å². The van der Waals surface area contributed by atoms with Gasteiger partial charge in [-0.15, -0.1) is 0 Å². The Morgan fingerprint density at radius 1 is 1.07 bits per heavy atom. The lowest BCUT2D eigenvalue weighted by atomic mass is 10.1. The van der Waals surface area contributed by atoms with E-state index in [1.54, 1.807) is 6.20 Å². The van der Waals surface area contributed by atoms with Gasteiger partial charge < -0.3 is 9.47 Å². The summed E-state index contributed by atoms with van der Waals surface area (Å²) < 4.78 is 12.2. The molecule has 0 aliphatic carbocycles. The van der Waals surface area contributed by atoms with Gasteiger partial charge in [-0.1, -0.05) is 11.6 Å². The first-order chi connectivity index (χ1) is 13.1. The number of likely N-dealkylation sites (tertiary alicyclic amines) is 1. The number of benzene rings is 2. The van der Waals surface area contributed by atoms with Gasteiger partial charge >= 0.3 is 0 Å². The summed E-state index contributed by atoms with van der Waals surface area (Å²) >= 11 is 5.95. The lowest BCUT2D eigenvalue weighted by Gasteiger charge is -2.26. The van der Waals surface area contributed by atoms with Crippen LogP contribution in [0.3, 0.4) is 0 Å². The van der Waals surface area contributed by atoms with Crippen molar-refractivity contribution in [3.05, 3.63) is 65.9 Å². The molecule has 0 saturated carbocycles. The number of fused-ring (bicyclic) bond motifs is 1. The van der Waals surface area contributed by atoms with Crippen LogP contribution < -0.4 is 9.47 Å². The van der Waals surface area contributed by atoms with Crippen LogP contribution in [-0.2, 0) is 0 Å². The molecule has 5 heteroatoms. The van der Waals surface area contributed by atoms with Gasteiger partial charge in [-0.05, 0) is 60.8 Å². The van der Waals surface area contributed by atoms with Crippen LogP contribution in [0.5, 0.6) is 11.5 Å². The Balaban J connectivity index is 1.28. The van der Waals surface area contributed by atoms with Crippen LogP contribution in [0.25, 0.3) is 10.8 Å². The number of ether oxygens (including phenoxy) is 2. The van der Waals surface area contributed by atoms with Gasteiger partial charge in [0.25, 0.3) is 0 Å². The second-order valence-electron chi connectivity index (χ2n) is 7.27. The summed E-state index contributed by atoms with van der Waals surface area (Å²) in [7, 11) is 0. The summed E-state index contributed by atoms with van der Waals surface area (Å²) in [6, 6.07) is 15.7. The number of hydrogen-bond acceptors (Lipinski definition) is 4. The topological polar surface area (TPSA) is 34.6 Å². The van der Waals surface area contributed by atoms with Crippen molar-refractivity contribution in [2.24, 2.45) is 0 Å². The average Bonchev–Trinajstić information content (AvgIpc) is 3.04. The number of pyridine rings is 1. The zero-order chi connectivity index (χ0) is 18.7. The summed E-state index contributed by atoms with van der Waals surface area (Å²) in [6.45, 7) is 5.61. The van der Waals surface area contributed by atoms with Crippen molar-refractivity contribution < 1.29 is 9.47 Å². The third kappa shape index (κ3) is 4.52. The molecule has 0 spiro atoms. The minimum absolute atomic E-state index is 0.177. The molecule has 1 aromatic heterocycles. The van der Waals surface area contributed by atoms with E-state index in [0.29, 0.717) is 6.61 Å². The van der Waals surface area contributed by atoms with Crippen LogP contribution in [0, 0.1) is 0 Å². The number of nitrogens with zero attached hydrogens (tertiary/aromatic N) is 2. The van der Waals surface area contributed by atoms with Crippen LogP contribution in [0.2, 0.25) is 5.02 Å². The van der Waals surface area contributed by atoms with Gasteiger partial charge in [-0.25, -0.2) is 0 Å². The molecule has 4 nitrogen and oxygen atoms in total. The molecule has 0 amide bonds. The average molecular weight is 383 g/mol. The third-order valence-electron chi connectivity index (χ3n) is 4.98. The fraction of sp³-hybridized carbons (Fsp3) is 0.318. The largest absolute Gasteiger partial charge is 0.492 e. The summed E-state index contributed by atoms with van der Waals surface area (Å²) in [5.74, 6) is 1.76. The Hall–Kier alpha value is -2.30. The van der Waals surface area contributed by atoms with E-state index in [1.165, 1.54) is 0 Å². The summed E-state index contributed by atoms with van der Waals surface area (Å²) in [5, 5.41) is 3.00. The standard InChI is InChI=1S/C22H23ClN2O2/c1-22(27-20-6-3-19(23)4-7-20)9-11-25(16-22)12-13-26-21-5-2-18-15-24-10-8-17(18)14-21/h2-8,10,14-15H,9,11-13,16H2,1H3. The number of hydrogen-bond donors (Lipinski definition) is 0. The molecule has 3 aromatic rings. The van der Waals surface area contributed by atoms with Crippen molar-refractivity contribution in [1.29, 1.82) is 0 Å². The van der Waals surface area contributed by atoms with Crippen LogP contribution in [0.1, 0.15) is 13.3 Å². The fourth-order valence-corrected chi connectivity index (χ4v) is 3.66. The smallest absolute Gasteiger partial charge is 0.120 e. The molecule has 1 saturated heterocycles. The molecule has 2 aromatic carbocycles. The van der Waals surface area contributed by atoms with Crippen molar-refractivity contribution >= 4 is 22.4 Å². The predicted octanol–water partition coefficient (Wildman–Crippen LogP) is 4.81. The number of halogens is 1. The zero-order valence-electron chi connectivity index (χ0n) is 15.4. The highest BCUT2D eigenvalue weighted by Gasteiger charge is 2.35. The first-order valence-corrected chi connectivity index (χ1v) is 9.61. The highest BCUT2D eigenvalue weighted by Crippen LogP contribution is 2.28. The maximum atomic E-state index is 6.21. The molecule has 0 radical (unpaired) electrons.